The van der Waals surface area contributed by atoms with Gasteiger partial charge in [-0.25, -0.2) is 4.79 Å². The predicted octanol–water partition coefficient (Wildman–Crippen LogP) is 4.90. The van der Waals surface area contributed by atoms with Crippen molar-refractivity contribution in [3.8, 4) is 0 Å². The van der Waals surface area contributed by atoms with Crippen molar-refractivity contribution in [1.29, 1.82) is 0 Å². The van der Waals surface area contributed by atoms with E-state index in [1.807, 2.05) is 36.4 Å². The van der Waals surface area contributed by atoms with Gasteiger partial charge >= 0.3 is 6.03 Å². The molecule has 7 heteroatoms. The summed E-state index contributed by atoms with van der Waals surface area (Å²) in [5.74, 6) is 0.558. The zero-order valence-corrected chi connectivity index (χ0v) is 19.9. The molecule has 0 atom stereocenters. The van der Waals surface area contributed by atoms with Gasteiger partial charge in [-0.05, 0) is 67.5 Å². The van der Waals surface area contributed by atoms with Gasteiger partial charge in [-0.1, -0.05) is 26.0 Å². The first-order chi connectivity index (χ1) is 16.0. The molecule has 0 aromatic heterocycles. The Bertz CT molecular complexity index is 922. The number of carbonyl (C=O) groups excluding carboxylic acids is 2. The lowest BCUT2D eigenvalue weighted by Crippen LogP contribution is -2.35. The molecule has 0 bridgehead atoms. The van der Waals surface area contributed by atoms with E-state index in [0.717, 1.165) is 50.1 Å². The topological polar surface area (TPSA) is 82.7 Å². The van der Waals surface area contributed by atoms with Gasteiger partial charge in [0, 0.05) is 50.4 Å². The standard InChI is InChI=1S/C26H36N4O3/c1-4-20-6-8-21(9-7-20)28-26(32)29-22-10-11-24(30-15-12-19(2)13-16-30)23(18-22)25(31)27-14-5-17-33-3/h6-11,18-19H,4-5,12-17H2,1-3H3,(H,27,31)(H2,28,29,32). The number of benzene rings is 2. The van der Waals surface area contributed by atoms with Gasteiger partial charge in [0.05, 0.1) is 5.56 Å². The summed E-state index contributed by atoms with van der Waals surface area (Å²) in [6.07, 6.45) is 3.91. The van der Waals surface area contributed by atoms with E-state index in [0.29, 0.717) is 30.3 Å². The van der Waals surface area contributed by atoms with Crippen molar-refractivity contribution in [3.05, 3.63) is 53.6 Å². The highest BCUT2D eigenvalue weighted by Crippen LogP contribution is 2.29. The molecular formula is C26H36N4O3. The Kier molecular flexibility index (Phi) is 9.13. The summed E-state index contributed by atoms with van der Waals surface area (Å²) in [5, 5.41) is 8.69. The van der Waals surface area contributed by atoms with Gasteiger partial charge in [-0.2, -0.15) is 0 Å². The number of piperidine rings is 1. The highest BCUT2D eigenvalue weighted by atomic mass is 16.5. The molecule has 3 N–H and O–H groups in total. The number of ether oxygens (including phenoxy) is 1. The van der Waals surface area contributed by atoms with Crippen LogP contribution >= 0.6 is 0 Å². The Morgan fingerprint density at radius 3 is 2.36 bits per heavy atom. The number of rotatable bonds is 9. The van der Waals surface area contributed by atoms with Crippen molar-refractivity contribution in [2.75, 3.05) is 48.9 Å². The number of urea groups is 1. The lowest BCUT2D eigenvalue weighted by molar-refractivity contribution is 0.0949. The fraction of sp³-hybridized carbons (Fsp3) is 0.462. The second kappa shape index (κ2) is 12.3. The molecule has 2 aromatic carbocycles. The molecule has 0 radical (unpaired) electrons. The number of carbonyl (C=O) groups is 2. The molecule has 178 valence electrons. The van der Waals surface area contributed by atoms with Crippen LogP contribution in [-0.4, -0.2) is 45.3 Å². The molecule has 2 aromatic rings. The number of hydrogen-bond donors (Lipinski definition) is 3. The van der Waals surface area contributed by atoms with Gasteiger partial charge in [0.15, 0.2) is 0 Å². The normalized spacial score (nSPS) is 14.1. The van der Waals surface area contributed by atoms with Gasteiger partial charge in [-0.15, -0.1) is 0 Å². The Balaban J connectivity index is 1.73. The lowest BCUT2D eigenvalue weighted by Gasteiger charge is -2.33. The Morgan fingerprint density at radius 1 is 1.03 bits per heavy atom. The smallest absolute Gasteiger partial charge is 0.323 e. The number of anilines is 3. The van der Waals surface area contributed by atoms with E-state index in [9.17, 15) is 9.59 Å². The molecule has 3 rings (SSSR count). The van der Waals surface area contributed by atoms with Crippen LogP contribution in [0.2, 0.25) is 0 Å². The van der Waals surface area contributed by atoms with Gasteiger partial charge in [0.25, 0.3) is 5.91 Å². The monoisotopic (exact) mass is 452 g/mol. The maximum Gasteiger partial charge on any atom is 0.323 e. The van der Waals surface area contributed by atoms with E-state index in [4.69, 9.17) is 4.74 Å². The summed E-state index contributed by atoms with van der Waals surface area (Å²) in [4.78, 5) is 27.8. The lowest BCUT2D eigenvalue weighted by atomic mass is 9.98. The van der Waals surface area contributed by atoms with Crippen LogP contribution in [0.1, 0.15) is 49.0 Å². The summed E-state index contributed by atoms with van der Waals surface area (Å²) in [6.45, 7) is 7.34. The summed E-state index contributed by atoms with van der Waals surface area (Å²) in [5.41, 5.74) is 4.00. The summed E-state index contributed by atoms with van der Waals surface area (Å²) in [7, 11) is 1.65. The number of nitrogens with one attached hydrogen (secondary N) is 3. The van der Waals surface area contributed by atoms with Gasteiger partial charge in [0.2, 0.25) is 0 Å². The Labute approximate surface area is 196 Å². The van der Waals surface area contributed by atoms with E-state index < -0.39 is 0 Å². The van der Waals surface area contributed by atoms with E-state index in [1.54, 1.807) is 13.2 Å². The maximum absolute atomic E-state index is 13.0. The minimum absolute atomic E-state index is 0.140. The van der Waals surface area contributed by atoms with Gasteiger partial charge in [-0.3, -0.25) is 4.79 Å². The zero-order valence-electron chi connectivity index (χ0n) is 19.9. The SMILES string of the molecule is CCc1ccc(NC(=O)Nc2ccc(N3CCC(C)CC3)c(C(=O)NCCCOC)c2)cc1. The quantitative estimate of drug-likeness (QED) is 0.473. The molecule has 1 aliphatic rings. The first-order valence-corrected chi connectivity index (χ1v) is 11.8. The molecule has 1 aliphatic heterocycles. The van der Waals surface area contributed by atoms with Gasteiger partial charge in [0.1, 0.15) is 0 Å². The van der Waals surface area contributed by atoms with Crippen LogP contribution in [0.25, 0.3) is 0 Å². The zero-order chi connectivity index (χ0) is 23.6. The van der Waals surface area contributed by atoms with Crippen molar-refractivity contribution < 1.29 is 14.3 Å². The number of hydrogen-bond acceptors (Lipinski definition) is 4. The molecule has 0 spiro atoms. The first-order valence-electron chi connectivity index (χ1n) is 11.8. The molecular weight excluding hydrogens is 416 g/mol. The van der Waals surface area contributed by atoms with Crippen LogP contribution in [0.3, 0.4) is 0 Å². The minimum atomic E-state index is -0.342. The van der Waals surface area contributed by atoms with E-state index >= 15 is 0 Å². The van der Waals surface area contributed by atoms with Gasteiger partial charge < -0.3 is 25.6 Å². The molecule has 0 unspecified atom stereocenters. The fourth-order valence-electron chi connectivity index (χ4n) is 3.95. The molecule has 1 saturated heterocycles. The van der Waals surface area contributed by atoms with E-state index in [-0.39, 0.29) is 11.9 Å². The van der Waals surface area contributed by atoms with Crippen LogP contribution < -0.4 is 20.9 Å². The number of nitrogens with zero attached hydrogens (tertiary/aromatic N) is 1. The minimum Gasteiger partial charge on any atom is -0.385 e. The largest absolute Gasteiger partial charge is 0.385 e. The van der Waals surface area contributed by atoms with Crippen LogP contribution in [-0.2, 0) is 11.2 Å². The third-order valence-corrected chi connectivity index (χ3v) is 6.05. The van der Waals surface area contributed by atoms with Crippen molar-refractivity contribution in [1.82, 2.24) is 5.32 Å². The molecule has 1 heterocycles. The molecule has 1 fully saturated rings. The van der Waals surface area contributed by atoms with Crippen molar-refractivity contribution in [2.24, 2.45) is 5.92 Å². The Morgan fingerprint density at radius 2 is 1.70 bits per heavy atom. The average molecular weight is 453 g/mol. The summed E-state index contributed by atoms with van der Waals surface area (Å²) >= 11 is 0. The number of amides is 3. The predicted molar refractivity (Wildman–Crippen MR) is 134 cm³/mol. The maximum atomic E-state index is 13.0. The van der Waals surface area contributed by atoms with Crippen molar-refractivity contribution in [2.45, 2.75) is 39.5 Å². The number of aryl methyl sites for hydroxylation is 1. The molecule has 0 saturated carbocycles. The van der Waals surface area contributed by atoms with Crippen LogP contribution in [0.15, 0.2) is 42.5 Å². The van der Waals surface area contributed by atoms with Crippen molar-refractivity contribution >= 4 is 29.0 Å². The summed E-state index contributed by atoms with van der Waals surface area (Å²) in [6, 6.07) is 13.0. The molecule has 3 amide bonds. The number of methoxy groups -OCH3 is 1. The third-order valence-electron chi connectivity index (χ3n) is 6.05. The molecule has 0 aliphatic carbocycles. The average Bonchev–Trinajstić information content (AvgIpc) is 2.83. The van der Waals surface area contributed by atoms with E-state index in [1.165, 1.54) is 5.56 Å². The summed E-state index contributed by atoms with van der Waals surface area (Å²) < 4.78 is 5.07. The second-order valence-electron chi connectivity index (χ2n) is 8.63. The highest BCUT2D eigenvalue weighted by molar-refractivity contribution is 6.04. The van der Waals surface area contributed by atoms with Crippen molar-refractivity contribution in [3.63, 3.8) is 0 Å². The van der Waals surface area contributed by atoms with E-state index in [2.05, 4.69) is 34.7 Å². The first kappa shape index (κ1) is 24.6. The van der Waals surface area contributed by atoms with Crippen LogP contribution in [0.4, 0.5) is 21.9 Å². The van der Waals surface area contributed by atoms with Crippen LogP contribution in [0.5, 0.6) is 0 Å². The Hall–Kier alpha value is -3.06. The third kappa shape index (κ3) is 7.22. The second-order valence-corrected chi connectivity index (χ2v) is 8.63. The highest BCUT2D eigenvalue weighted by Gasteiger charge is 2.22. The molecule has 7 nitrogen and oxygen atoms in total. The fourth-order valence-corrected chi connectivity index (χ4v) is 3.95. The molecule has 33 heavy (non-hydrogen) atoms. The van der Waals surface area contributed by atoms with Crippen LogP contribution in [0, 0.1) is 5.92 Å².